The summed E-state index contributed by atoms with van der Waals surface area (Å²) < 4.78 is 48.8. The molecule has 1 heterocycles. The maximum absolute atomic E-state index is 12.4. The molecule has 1 aromatic heterocycles. The summed E-state index contributed by atoms with van der Waals surface area (Å²) in [5.41, 5.74) is -0.464. The number of nitro groups is 1. The molecule has 0 radical (unpaired) electrons. The Morgan fingerprint density at radius 1 is 1.47 bits per heavy atom. The van der Waals surface area contributed by atoms with E-state index in [2.05, 4.69) is 4.98 Å². The fourth-order valence-electron chi connectivity index (χ4n) is 1.39. The summed E-state index contributed by atoms with van der Waals surface area (Å²) in [6, 6.07) is 0. The highest BCUT2D eigenvalue weighted by molar-refractivity contribution is 5.78. The Kier molecular flexibility index (Phi) is 4.57. The highest BCUT2D eigenvalue weighted by Gasteiger charge is 2.29. The van der Waals surface area contributed by atoms with Crippen molar-refractivity contribution in [3.63, 3.8) is 0 Å². The van der Waals surface area contributed by atoms with Gasteiger partial charge in [0.25, 0.3) is 0 Å². The monoisotopic (exact) mass is 282 g/mol. The number of nitrogens with zero attached hydrogens (tertiary/aromatic N) is 3. The van der Waals surface area contributed by atoms with Crippen molar-refractivity contribution in [2.75, 3.05) is 0 Å². The Morgan fingerprint density at radius 3 is 2.58 bits per heavy atom. The van der Waals surface area contributed by atoms with Crippen LogP contribution in [-0.2, 0) is 18.0 Å². The number of hydrogen-bond donors (Lipinski definition) is 0. The number of rotatable bonds is 6. The summed E-state index contributed by atoms with van der Waals surface area (Å²) in [4.78, 5) is 24.4. The van der Waals surface area contributed by atoms with Crippen LogP contribution in [0.25, 0.3) is 0 Å². The van der Waals surface area contributed by atoms with Gasteiger partial charge >= 0.3 is 12.0 Å². The lowest BCUT2D eigenvalue weighted by molar-refractivity contribution is -0.392. The molecule has 6 nitrogen and oxygen atoms in total. The number of aromatic nitrogens is 2. The van der Waals surface area contributed by atoms with Crippen molar-refractivity contribution < 1.29 is 27.3 Å². The number of carbonyl (C=O) groups excluding carboxylic acids is 1. The minimum atomic E-state index is -4.47. The predicted molar refractivity (Wildman–Crippen MR) is 54.0 cm³/mol. The van der Waals surface area contributed by atoms with Gasteiger partial charge in [0, 0.05) is 6.42 Å². The van der Waals surface area contributed by atoms with E-state index >= 15 is 0 Å². The van der Waals surface area contributed by atoms with E-state index in [9.17, 15) is 32.5 Å². The van der Waals surface area contributed by atoms with E-state index in [0.29, 0.717) is 0 Å². The molecule has 10 heteroatoms. The lowest BCUT2D eigenvalue weighted by Gasteiger charge is -2.05. The second-order valence-electron chi connectivity index (χ2n) is 3.69. The summed E-state index contributed by atoms with van der Waals surface area (Å²) in [5, 5.41) is 10.6. The lowest BCUT2D eigenvalue weighted by atomic mass is 10.2. The standard InChI is InChI=1S/C9H9F4N3O3/c10-3-7-8(16(18)19)15(5-14-7)4-6(17)1-2-9(11,12)13/h5H,1-4H2/i10-1. The van der Waals surface area contributed by atoms with Crippen molar-refractivity contribution in [3.05, 3.63) is 22.1 Å². The summed E-state index contributed by atoms with van der Waals surface area (Å²) in [7, 11) is 0. The van der Waals surface area contributed by atoms with Crippen LogP contribution in [0.3, 0.4) is 0 Å². The van der Waals surface area contributed by atoms with Crippen LogP contribution >= 0.6 is 0 Å². The molecular formula is C9H9F4N3O3. The molecule has 0 amide bonds. The normalized spacial score (nSPS) is 11.6. The van der Waals surface area contributed by atoms with Gasteiger partial charge in [-0.05, 0) is 4.92 Å². The first kappa shape index (κ1) is 15.1. The van der Waals surface area contributed by atoms with Gasteiger partial charge in [-0.1, -0.05) is 0 Å². The van der Waals surface area contributed by atoms with Gasteiger partial charge in [0.2, 0.25) is 0 Å². The van der Waals surface area contributed by atoms with Gasteiger partial charge in [-0.15, -0.1) is 0 Å². The second-order valence-corrected chi connectivity index (χ2v) is 3.69. The van der Waals surface area contributed by atoms with E-state index in [1.807, 2.05) is 0 Å². The van der Waals surface area contributed by atoms with Crippen molar-refractivity contribution in [3.8, 4) is 0 Å². The fourth-order valence-corrected chi connectivity index (χ4v) is 1.39. The van der Waals surface area contributed by atoms with Gasteiger partial charge in [0.15, 0.2) is 24.3 Å². The second kappa shape index (κ2) is 5.76. The van der Waals surface area contributed by atoms with E-state index in [1.165, 1.54) is 0 Å². The van der Waals surface area contributed by atoms with Crippen LogP contribution in [0.2, 0.25) is 0 Å². The largest absolute Gasteiger partial charge is 0.389 e. The van der Waals surface area contributed by atoms with Crippen molar-refractivity contribution >= 4 is 11.6 Å². The Balaban J connectivity index is 2.75. The molecule has 0 fully saturated rings. The first-order valence-electron chi connectivity index (χ1n) is 5.07. The number of Topliss-reactive ketones (excluding diaryl/α,β-unsaturated/α-hetero) is 1. The zero-order chi connectivity index (χ0) is 14.6. The van der Waals surface area contributed by atoms with Crippen LogP contribution in [-0.4, -0.2) is 26.4 Å². The van der Waals surface area contributed by atoms with Crippen LogP contribution in [0, 0.1) is 10.1 Å². The van der Waals surface area contributed by atoms with Gasteiger partial charge in [-0.25, -0.2) is 13.9 Å². The van der Waals surface area contributed by atoms with Gasteiger partial charge < -0.3 is 10.1 Å². The maximum atomic E-state index is 12.4. The average molecular weight is 282 g/mol. The zero-order valence-corrected chi connectivity index (χ0v) is 9.48. The van der Waals surface area contributed by atoms with E-state index < -0.39 is 54.5 Å². The van der Waals surface area contributed by atoms with Crippen LogP contribution in [0.1, 0.15) is 18.5 Å². The lowest BCUT2D eigenvalue weighted by Crippen LogP contribution is -2.15. The fraction of sp³-hybridized carbons (Fsp3) is 0.556. The molecule has 106 valence electrons. The van der Waals surface area contributed by atoms with Crippen LogP contribution in [0.4, 0.5) is 23.4 Å². The Hall–Kier alpha value is -2.00. The molecule has 0 atom stereocenters. The van der Waals surface area contributed by atoms with Crippen molar-refractivity contribution in [2.24, 2.45) is 0 Å². The highest BCUT2D eigenvalue weighted by Crippen LogP contribution is 2.22. The van der Waals surface area contributed by atoms with E-state index in [0.717, 1.165) is 10.9 Å². The molecule has 0 aromatic carbocycles. The van der Waals surface area contributed by atoms with Gasteiger partial charge in [-0.2, -0.15) is 13.2 Å². The molecule has 0 spiro atoms. The van der Waals surface area contributed by atoms with Crippen molar-refractivity contribution in [2.45, 2.75) is 32.2 Å². The summed E-state index contributed by atoms with van der Waals surface area (Å²) in [6.45, 7) is -1.83. The van der Waals surface area contributed by atoms with Crippen LogP contribution < -0.4 is 0 Å². The molecule has 1 rings (SSSR count). The molecule has 0 aliphatic rings. The summed E-state index contributed by atoms with van der Waals surface area (Å²) >= 11 is 0. The number of hydrogen-bond acceptors (Lipinski definition) is 4. The predicted octanol–water partition coefficient (Wildman–Crippen LogP) is 2.17. The summed E-state index contributed by atoms with van der Waals surface area (Å²) in [5.74, 6) is -1.56. The van der Waals surface area contributed by atoms with Crippen molar-refractivity contribution in [1.29, 1.82) is 0 Å². The topological polar surface area (TPSA) is 78.0 Å². The first-order chi connectivity index (χ1) is 8.74. The van der Waals surface area contributed by atoms with Gasteiger partial charge in [0.05, 0.1) is 6.42 Å². The number of ketones is 1. The molecule has 0 N–H and O–H groups in total. The smallest absolute Gasteiger partial charge is 0.358 e. The van der Waals surface area contributed by atoms with E-state index in [-0.39, 0.29) is 0 Å². The van der Waals surface area contributed by atoms with Crippen LogP contribution in [0.15, 0.2) is 6.33 Å². The molecule has 19 heavy (non-hydrogen) atoms. The SMILES string of the molecule is O=C(CCC(F)(F)F)Cn1cnc(C[18F])c1[N+](=O)[O-]. The molecule has 0 saturated heterocycles. The van der Waals surface area contributed by atoms with E-state index in [4.69, 9.17) is 0 Å². The minimum absolute atomic E-state index is 0.464. The average Bonchev–Trinajstić information content (AvgIpc) is 2.68. The third-order valence-electron chi connectivity index (χ3n) is 2.22. The van der Waals surface area contributed by atoms with E-state index in [1.54, 1.807) is 0 Å². The molecular weight excluding hydrogens is 273 g/mol. The quantitative estimate of drug-likeness (QED) is 0.455. The van der Waals surface area contributed by atoms with Gasteiger partial charge in [-0.3, -0.25) is 4.79 Å². The Morgan fingerprint density at radius 2 is 2.11 bits per heavy atom. The van der Waals surface area contributed by atoms with Gasteiger partial charge in [0.1, 0.15) is 6.67 Å². The Labute approximate surface area is 104 Å². The third kappa shape index (κ3) is 4.30. The Bertz CT molecular complexity index is 484. The first-order valence-corrected chi connectivity index (χ1v) is 5.07. The molecule has 0 aliphatic heterocycles. The highest BCUT2D eigenvalue weighted by atomic mass is 19.4. The molecule has 0 aliphatic carbocycles. The number of imidazole rings is 1. The number of carbonyl (C=O) groups is 1. The molecule has 0 bridgehead atoms. The third-order valence-corrected chi connectivity index (χ3v) is 2.22. The minimum Gasteiger partial charge on any atom is -0.358 e. The van der Waals surface area contributed by atoms with Crippen LogP contribution in [0.5, 0.6) is 0 Å². The van der Waals surface area contributed by atoms with Crippen molar-refractivity contribution in [1.82, 2.24) is 9.55 Å². The molecule has 0 unspecified atom stereocenters. The number of alkyl halides is 4. The summed E-state index contributed by atoms with van der Waals surface area (Å²) in [6.07, 6.45) is -5.70. The molecule has 0 saturated carbocycles. The number of halogens is 4. The zero-order valence-electron chi connectivity index (χ0n) is 9.48. The maximum Gasteiger partial charge on any atom is 0.389 e. The molecule has 1 aromatic rings.